The number of rotatable bonds is 4. The van der Waals surface area contributed by atoms with E-state index in [1.54, 1.807) is 0 Å². The molecule has 2 heterocycles. The largest absolute Gasteiger partial charge is 0.347 e. The van der Waals surface area contributed by atoms with E-state index in [2.05, 4.69) is 46.8 Å². The number of piperazine rings is 1. The fourth-order valence-corrected chi connectivity index (χ4v) is 5.34. The minimum Gasteiger partial charge on any atom is -0.347 e. The lowest BCUT2D eigenvalue weighted by molar-refractivity contribution is -0.121. The van der Waals surface area contributed by atoms with Gasteiger partial charge in [0.15, 0.2) is 0 Å². The molecule has 162 valence electrons. The molecule has 1 aliphatic carbocycles. The number of benzene rings is 2. The van der Waals surface area contributed by atoms with Gasteiger partial charge in [-0.2, -0.15) is 0 Å². The fourth-order valence-electron chi connectivity index (χ4n) is 5.22. The van der Waals surface area contributed by atoms with Crippen LogP contribution in [0.1, 0.15) is 36.1 Å². The first kappa shape index (κ1) is 20.6. The van der Waals surface area contributed by atoms with Crippen LogP contribution in [0, 0.1) is 0 Å². The van der Waals surface area contributed by atoms with E-state index in [-0.39, 0.29) is 5.91 Å². The Morgan fingerprint density at radius 1 is 0.968 bits per heavy atom. The van der Waals surface area contributed by atoms with Crippen molar-refractivity contribution >= 4 is 34.1 Å². The molecular formula is C26H30ClN3O. The maximum atomic E-state index is 13.0. The molecule has 3 aromatic rings. The Balaban J connectivity index is 1.29. The predicted molar refractivity (Wildman–Crippen MR) is 128 cm³/mol. The Morgan fingerprint density at radius 3 is 2.58 bits per heavy atom. The average Bonchev–Trinajstić information content (AvgIpc) is 2.93. The Kier molecular flexibility index (Phi) is 5.77. The van der Waals surface area contributed by atoms with Gasteiger partial charge in [-0.15, -0.1) is 0 Å². The van der Waals surface area contributed by atoms with Crippen LogP contribution in [-0.2, 0) is 31.1 Å². The van der Waals surface area contributed by atoms with Crippen LogP contribution in [0.5, 0.6) is 0 Å². The molecule has 0 radical (unpaired) electrons. The molecule has 1 saturated heterocycles. The van der Waals surface area contributed by atoms with E-state index in [1.807, 2.05) is 17.0 Å². The summed E-state index contributed by atoms with van der Waals surface area (Å²) in [5, 5.41) is 2.14. The highest BCUT2D eigenvalue weighted by Gasteiger charge is 2.26. The lowest BCUT2D eigenvalue weighted by Crippen LogP contribution is -2.50. The van der Waals surface area contributed by atoms with Gasteiger partial charge in [0, 0.05) is 48.5 Å². The first-order valence-corrected chi connectivity index (χ1v) is 11.9. The summed E-state index contributed by atoms with van der Waals surface area (Å²) in [7, 11) is 2.19. The molecule has 0 spiro atoms. The van der Waals surface area contributed by atoms with Crippen molar-refractivity contribution in [3.8, 4) is 0 Å². The molecular weight excluding hydrogens is 406 g/mol. The molecule has 0 bridgehead atoms. The zero-order chi connectivity index (χ0) is 21.4. The van der Waals surface area contributed by atoms with Gasteiger partial charge < -0.3 is 9.47 Å². The number of amides is 1. The SMILES string of the molecule is Cn1c2c(c3ccc(N4CCN(CCc5ccc(Cl)cc5)CC4=O)cc31)CCCCC2. The van der Waals surface area contributed by atoms with E-state index >= 15 is 0 Å². The van der Waals surface area contributed by atoms with Gasteiger partial charge in [-0.3, -0.25) is 9.69 Å². The topological polar surface area (TPSA) is 28.5 Å². The lowest BCUT2D eigenvalue weighted by atomic mass is 10.1. The quantitative estimate of drug-likeness (QED) is 0.540. The van der Waals surface area contributed by atoms with Crippen molar-refractivity contribution in [3.63, 3.8) is 0 Å². The summed E-state index contributed by atoms with van der Waals surface area (Å²) < 4.78 is 2.37. The molecule has 1 fully saturated rings. The van der Waals surface area contributed by atoms with Gasteiger partial charge in [0.25, 0.3) is 0 Å². The molecule has 4 nitrogen and oxygen atoms in total. The fraction of sp³-hybridized carbons (Fsp3) is 0.423. The van der Waals surface area contributed by atoms with Crippen molar-refractivity contribution in [2.45, 2.75) is 38.5 Å². The number of nitrogens with zero attached hydrogens (tertiary/aromatic N) is 3. The molecule has 0 N–H and O–H groups in total. The molecule has 2 aromatic carbocycles. The summed E-state index contributed by atoms with van der Waals surface area (Å²) in [6.45, 7) is 3.02. The third kappa shape index (κ3) is 4.11. The molecule has 1 aromatic heterocycles. The normalized spacial score (nSPS) is 17.7. The van der Waals surface area contributed by atoms with Crippen LogP contribution in [0.4, 0.5) is 5.69 Å². The molecule has 0 saturated carbocycles. The maximum absolute atomic E-state index is 13.0. The molecule has 0 atom stereocenters. The van der Waals surface area contributed by atoms with Crippen LogP contribution in [-0.4, -0.2) is 41.6 Å². The van der Waals surface area contributed by atoms with Crippen LogP contribution in [0.25, 0.3) is 10.9 Å². The molecule has 0 unspecified atom stereocenters. The third-order valence-electron chi connectivity index (χ3n) is 7.00. The molecule has 31 heavy (non-hydrogen) atoms. The Bertz CT molecular complexity index is 1100. The minimum absolute atomic E-state index is 0.192. The number of hydrogen-bond acceptors (Lipinski definition) is 2. The minimum atomic E-state index is 0.192. The van der Waals surface area contributed by atoms with Crippen molar-refractivity contribution in [2.24, 2.45) is 7.05 Å². The van der Waals surface area contributed by atoms with Gasteiger partial charge in [0.1, 0.15) is 0 Å². The van der Waals surface area contributed by atoms with E-state index in [9.17, 15) is 4.79 Å². The van der Waals surface area contributed by atoms with Crippen LogP contribution in [0.3, 0.4) is 0 Å². The van der Waals surface area contributed by atoms with Gasteiger partial charge in [-0.05, 0) is 67.5 Å². The van der Waals surface area contributed by atoms with Gasteiger partial charge >= 0.3 is 0 Å². The summed E-state index contributed by atoms with van der Waals surface area (Å²) >= 11 is 5.97. The number of anilines is 1. The van der Waals surface area contributed by atoms with E-state index in [4.69, 9.17) is 11.6 Å². The number of hydrogen-bond donors (Lipinski definition) is 0. The highest BCUT2D eigenvalue weighted by atomic mass is 35.5. The number of fused-ring (bicyclic) bond motifs is 3. The third-order valence-corrected chi connectivity index (χ3v) is 7.25. The molecule has 5 heteroatoms. The van der Waals surface area contributed by atoms with E-state index in [1.165, 1.54) is 59.8 Å². The van der Waals surface area contributed by atoms with E-state index in [0.717, 1.165) is 36.8 Å². The summed E-state index contributed by atoms with van der Waals surface area (Å²) in [6, 6.07) is 14.6. The van der Waals surface area contributed by atoms with Crippen LogP contribution in [0.2, 0.25) is 5.02 Å². The van der Waals surface area contributed by atoms with Gasteiger partial charge in [0.2, 0.25) is 5.91 Å². The average molecular weight is 436 g/mol. The molecule has 5 rings (SSSR count). The highest BCUT2D eigenvalue weighted by Crippen LogP contribution is 2.33. The molecule has 2 aliphatic rings. The van der Waals surface area contributed by atoms with Crippen molar-refractivity contribution < 1.29 is 4.79 Å². The van der Waals surface area contributed by atoms with Crippen molar-refractivity contribution in [1.82, 2.24) is 9.47 Å². The second kappa shape index (κ2) is 8.68. The van der Waals surface area contributed by atoms with E-state index in [0.29, 0.717) is 6.54 Å². The maximum Gasteiger partial charge on any atom is 0.241 e. The van der Waals surface area contributed by atoms with Gasteiger partial charge in [0.05, 0.1) is 12.1 Å². The van der Waals surface area contributed by atoms with Gasteiger partial charge in [-0.25, -0.2) is 0 Å². The lowest BCUT2D eigenvalue weighted by Gasteiger charge is -2.34. The van der Waals surface area contributed by atoms with Crippen LogP contribution >= 0.6 is 11.6 Å². The summed E-state index contributed by atoms with van der Waals surface area (Å²) in [5.74, 6) is 0.192. The first-order chi connectivity index (χ1) is 15.1. The summed E-state index contributed by atoms with van der Waals surface area (Å²) in [4.78, 5) is 17.2. The standard InChI is InChI=1S/C26H30ClN3O/c1-28-24-6-4-2-3-5-22(24)23-12-11-21(17-25(23)28)30-16-15-29(18-26(30)31)14-13-19-7-9-20(27)10-8-19/h7-12,17H,2-6,13-16,18H2,1H3. The smallest absolute Gasteiger partial charge is 0.241 e. The highest BCUT2D eigenvalue weighted by molar-refractivity contribution is 6.30. The van der Waals surface area contributed by atoms with Crippen LogP contribution < -0.4 is 4.90 Å². The number of carbonyl (C=O) groups excluding carboxylic acids is 1. The Morgan fingerprint density at radius 2 is 1.77 bits per heavy atom. The second-order valence-corrected chi connectivity index (χ2v) is 9.38. The monoisotopic (exact) mass is 435 g/mol. The Labute approximate surface area is 189 Å². The van der Waals surface area contributed by atoms with E-state index < -0.39 is 0 Å². The summed E-state index contributed by atoms with van der Waals surface area (Å²) in [5.41, 5.74) is 6.57. The zero-order valence-electron chi connectivity index (χ0n) is 18.2. The van der Waals surface area contributed by atoms with Crippen LogP contribution in [0.15, 0.2) is 42.5 Å². The molecule has 1 amide bonds. The first-order valence-electron chi connectivity index (χ1n) is 11.5. The number of carbonyl (C=O) groups is 1. The second-order valence-electron chi connectivity index (χ2n) is 8.94. The molecule has 1 aliphatic heterocycles. The number of halogens is 1. The predicted octanol–water partition coefficient (Wildman–Crippen LogP) is 4.99. The van der Waals surface area contributed by atoms with Crippen molar-refractivity contribution in [1.29, 1.82) is 0 Å². The van der Waals surface area contributed by atoms with Gasteiger partial charge in [-0.1, -0.05) is 36.2 Å². The Hall–Kier alpha value is -2.30. The van der Waals surface area contributed by atoms with Crippen molar-refractivity contribution in [3.05, 3.63) is 64.3 Å². The zero-order valence-corrected chi connectivity index (χ0v) is 19.0. The summed E-state index contributed by atoms with van der Waals surface area (Å²) in [6.07, 6.45) is 7.17. The number of aryl methyl sites for hydroxylation is 2. The number of aromatic nitrogens is 1. The van der Waals surface area contributed by atoms with Crippen molar-refractivity contribution in [2.75, 3.05) is 31.1 Å².